The molecule has 0 fully saturated rings. The summed E-state index contributed by atoms with van der Waals surface area (Å²) in [5, 5.41) is 10.2. The topological polar surface area (TPSA) is 58.9 Å². The van der Waals surface area contributed by atoms with Crippen molar-refractivity contribution in [3.63, 3.8) is 0 Å². The van der Waals surface area contributed by atoms with E-state index in [1.807, 2.05) is 0 Å². The van der Waals surface area contributed by atoms with Crippen LogP contribution in [0, 0.1) is 5.41 Å². The maximum atomic E-state index is 11.2. The first-order chi connectivity index (χ1) is 7.38. The standard InChI is InChI=1S/C11H19NO3S/c1-11(2,3)10-12-7(6-13)8(16-10)5-9(14)15-4/h7-8,13H,5-6H2,1-4H3/t7-,8-/m0/s1. The molecule has 5 heteroatoms. The van der Waals surface area contributed by atoms with E-state index in [4.69, 9.17) is 0 Å². The van der Waals surface area contributed by atoms with E-state index >= 15 is 0 Å². The summed E-state index contributed by atoms with van der Waals surface area (Å²) in [7, 11) is 1.38. The lowest BCUT2D eigenvalue weighted by molar-refractivity contribution is -0.140. The molecule has 2 atom stereocenters. The number of nitrogens with zero attached hydrogens (tertiary/aromatic N) is 1. The summed E-state index contributed by atoms with van der Waals surface area (Å²) < 4.78 is 4.64. The van der Waals surface area contributed by atoms with E-state index in [1.54, 1.807) is 11.8 Å². The SMILES string of the molecule is COC(=O)C[C@@H]1SC(C(C)(C)C)=N[C@H]1CO. The Morgan fingerprint density at radius 1 is 1.56 bits per heavy atom. The molecule has 0 bridgehead atoms. The number of aliphatic hydroxyl groups is 1. The van der Waals surface area contributed by atoms with E-state index in [2.05, 4.69) is 30.5 Å². The van der Waals surface area contributed by atoms with Crippen molar-refractivity contribution in [1.29, 1.82) is 0 Å². The van der Waals surface area contributed by atoms with Gasteiger partial charge in [0, 0.05) is 10.7 Å². The van der Waals surface area contributed by atoms with Crippen LogP contribution in [0.25, 0.3) is 0 Å². The van der Waals surface area contributed by atoms with Gasteiger partial charge < -0.3 is 9.84 Å². The van der Waals surface area contributed by atoms with Crippen molar-refractivity contribution in [2.75, 3.05) is 13.7 Å². The molecule has 0 aromatic rings. The maximum absolute atomic E-state index is 11.2. The van der Waals surface area contributed by atoms with Gasteiger partial charge in [-0.05, 0) is 0 Å². The third-order valence-electron chi connectivity index (χ3n) is 2.40. The Labute approximate surface area is 100 Å². The lowest BCUT2D eigenvalue weighted by Crippen LogP contribution is -2.24. The summed E-state index contributed by atoms with van der Waals surface area (Å²) in [4.78, 5) is 15.7. The molecule has 4 nitrogen and oxygen atoms in total. The monoisotopic (exact) mass is 245 g/mol. The van der Waals surface area contributed by atoms with E-state index in [9.17, 15) is 9.90 Å². The van der Waals surface area contributed by atoms with Crippen molar-refractivity contribution in [2.24, 2.45) is 10.4 Å². The number of esters is 1. The largest absolute Gasteiger partial charge is 0.469 e. The molecule has 0 amide bonds. The average Bonchev–Trinajstić information content (AvgIpc) is 2.60. The van der Waals surface area contributed by atoms with Crippen LogP contribution in [0.15, 0.2) is 4.99 Å². The van der Waals surface area contributed by atoms with Crippen molar-refractivity contribution in [3.05, 3.63) is 0 Å². The van der Waals surface area contributed by atoms with Crippen molar-refractivity contribution in [1.82, 2.24) is 0 Å². The smallest absolute Gasteiger partial charge is 0.306 e. The summed E-state index contributed by atoms with van der Waals surface area (Å²) in [6, 6.07) is -0.182. The van der Waals surface area contributed by atoms with Gasteiger partial charge in [-0.1, -0.05) is 20.8 Å². The number of ether oxygens (including phenoxy) is 1. The summed E-state index contributed by atoms with van der Waals surface area (Å²) in [6.07, 6.45) is 0.301. The van der Waals surface area contributed by atoms with Crippen LogP contribution in [-0.4, -0.2) is 41.1 Å². The zero-order valence-corrected chi connectivity index (χ0v) is 11.0. The predicted molar refractivity (Wildman–Crippen MR) is 65.8 cm³/mol. The highest BCUT2D eigenvalue weighted by molar-refractivity contribution is 8.14. The Morgan fingerprint density at radius 3 is 2.62 bits per heavy atom. The second-order valence-corrected chi connectivity index (χ2v) is 6.10. The molecule has 0 spiro atoms. The van der Waals surface area contributed by atoms with E-state index in [0.717, 1.165) is 5.04 Å². The predicted octanol–water partition coefficient (Wildman–Crippen LogP) is 1.47. The molecule has 0 aliphatic carbocycles. The number of hydrogen-bond donors (Lipinski definition) is 1. The van der Waals surface area contributed by atoms with Crippen LogP contribution in [0.5, 0.6) is 0 Å². The van der Waals surface area contributed by atoms with Crippen LogP contribution in [0.1, 0.15) is 27.2 Å². The molecule has 0 aromatic carbocycles. The van der Waals surface area contributed by atoms with Crippen LogP contribution < -0.4 is 0 Å². The third-order valence-corrected chi connectivity index (χ3v) is 4.12. The van der Waals surface area contributed by atoms with E-state index < -0.39 is 0 Å². The molecule has 0 unspecified atom stereocenters. The Hall–Kier alpha value is -0.550. The van der Waals surface area contributed by atoms with E-state index in [-0.39, 0.29) is 29.3 Å². The summed E-state index contributed by atoms with van der Waals surface area (Å²) >= 11 is 1.58. The van der Waals surface area contributed by atoms with Crippen molar-refractivity contribution >= 4 is 22.8 Å². The molecule has 92 valence electrons. The van der Waals surface area contributed by atoms with Gasteiger partial charge in [0.15, 0.2) is 0 Å². The molecule has 1 aliphatic rings. The van der Waals surface area contributed by atoms with Crippen LogP contribution in [0.4, 0.5) is 0 Å². The fourth-order valence-electron chi connectivity index (χ4n) is 1.44. The van der Waals surface area contributed by atoms with Crippen LogP contribution in [0.2, 0.25) is 0 Å². The summed E-state index contributed by atoms with van der Waals surface area (Å²) in [6.45, 7) is 6.21. The normalized spacial score (nSPS) is 25.4. The second kappa shape index (κ2) is 5.19. The molecule has 16 heavy (non-hydrogen) atoms. The summed E-state index contributed by atoms with van der Waals surface area (Å²) in [5.41, 5.74) is -0.0248. The van der Waals surface area contributed by atoms with Gasteiger partial charge in [0.2, 0.25) is 0 Å². The molecular weight excluding hydrogens is 226 g/mol. The van der Waals surface area contributed by atoms with Gasteiger partial charge in [-0.3, -0.25) is 9.79 Å². The van der Waals surface area contributed by atoms with Crippen LogP contribution in [0.3, 0.4) is 0 Å². The lowest BCUT2D eigenvalue weighted by atomic mass is 9.98. The molecular formula is C11H19NO3S. The second-order valence-electron chi connectivity index (χ2n) is 4.87. The zero-order chi connectivity index (χ0) is 12.3. The van der Waals surface area contributed by atoms with Gasteiger partial charge in [0.25, 0.3) is 0 Å². The molecule has 1 N–H and O–H groups in total. The van der Waals surface area contributed by atoms with Crippen molar-refractivity contribution in [3.8, 4) is 0 Å². The maximum Gasteiger partial charge on any atom is 0.306 e. The Bertz CT molecular complexity index is 296. The molecule has 0 saturated carbocycles. The zero-order valence-electron chi connectivity index (χ0n) is 10.2. The highest BCUT2D eigenvalue weighted by Crippen LogP contribution is 2.37. The van der Waals surface area contributed by atoms with Gasteiger partial charge >= 0.3 is 5.97 Å². The minimum Gasteiger partial charge on any atom is -0.469 e. The van der Waals surface area contributed by atoms with Gasteiger partial charge in [0.1, 0.15) is 0 Å². The number of carbonyl (C=O) groups excluding carboxylic acids is 1. The Balaban J connectivity index is 2.68. The van der Waals surface area contributed by atoms with E-state index in [1.165, 1.54) is 7.11 Å². The Kier molecular flexibility index (Phi) is 4.38. The molecule has 0 radical (unpaired) electrons. The molecule has 1 rings (SSSR count). The van der Waals surface area contributed by atoms with E-state index in [0.29, 0.717) is 6.42 Å². The first-order valence-electron chi connectivity index (χ1n) is 5.31. The number of rotatable bonds is 3. The van der Waals surface area contributed by atoms with Crippen molar-refractivity contribution in [2.45, 2.75) is 38.5 Å². The van der Waals surface area contributed by atoms with Gasteiger partial charge in [-0.2, -0.15) is 0 Å². The number of hydrogen-bond acceptors (Lipinski definition) is 5. The van der Waals surface area contributed by atoms with Gasteiger partial charge in [-0.15, -0.1) is 11.8 Å². The van der Waals surface area contributed by atoms with Gasteiger partial charge in [0.05, 0.1) is 31.2 Å². The first-order valence-corrected chi connectivity index (χ1v) is 6.19. The lowest BCUT2D eigenvalue weighted by Gasteiger charge is -2.18. The Morgan fingerprint density at radius 2 is 2.19 bits per heavy atom. The molecule has 0 saturated heterocycles. The highest BCUT2D eigenvalue weighted by atomic mass is 32.2. The molecule has 1 heterocycles. The number of methoxy groups -OCH3 is 1. The number of aliphatic hydroxyl groups excluding tert-OH is 1. The van der Waals surface area contributed by atoms with Gasteiger partial charge in [-0.25, -0.2) is 0 Å². The number of carbonyl (C=O) groups is 1. The fourth-order valence-corrected chi connectivity index (χ4v) is 2.80. The highest BCUT2D eigenvalue weighted by Gasteiger charge is 2.36. The summed E-state index contributed by atoms with van der Waals surface area (Å²) in [5.74, 6) is -0.249. The number of aliphatic imine (C=N–C) groups is 1. The van der Waals surface area contributed by atoms with Crippen LogP contribution >= 0.6 is 11.8 Å². The molecule has 1 aliphatic heterocycles. The first kappa shape index (κ1) is 13.5. The quantitative estimate of drug-likeness (QED) is 0.765. The third kappa shape index (κ3) is 3.22. The average molecular weight is 245 g/mol. The fraction of sp³-hybridized carbons (Fsp3) is 0.818. The molecule has 0 aromatic heterocycles. The van der Waals surface area contributed by atoms with Crippen LogP contribution in [-0.2, 0) is 9.53 Å². The van der Waals surface area contributed by atoms with Crippen molar-refractivity contribution < 1.29 is 14.6 Å². The minimum atomic E-state index is -0.249. The number of thioether (sulfide) groups is 1. The minimum absolute atomic E-state index is 0.00618.